The van der Waals surface area contributed by atoms with Crippen LogP contribution in [0.3, 0.4) is 0 Å². The van der Waals surface area contributed by atoms with Crippen molar-refractivity contribution >= 4 is 5.91 Å². The van der Waals surface area contributed by atoms with Crippen molar-refractivity contribution in [2.24, 2.45) is 0 Å². The van der Waals surface area contributed by atoms with Gasteiger partial charge in [0.2, 0.25) is 0 Å². The van der Waals surface area contributed by atoms with Crippen LogP contribution in [-0.4, -0.2) is 37.0 Å². The molecule has 0 saturated heterocycles. The first-order valence-corrected chi connectivity index (χ1v) is 7.69. The van der Waals surface area contributed by atoms with E-state index in [0.717, 1.165) is 31.7 Å². The molecule has 1 N–H and O–H groups in total. The fraction of sp³-hybridized carbons (Fsp3) is 0.571. The molecular formula is C14H15F3N6O. The Hall–Kier alpha value is -2.39. The van der Waals surface area contributed by atoms with Crippen LogP contribution in [0.1, 0.15) is 47.9 Å². The Morgan fingerprint density at radius 3 is 2.67 bits per heavy atom. The average molecular weight is 340 g/mol. The Kier molecular flexibility index (Phi) is 3.19. The van der Waals surface area contributed by atoms with Crippen molar-refractivity contribution in [1.82, 2.24) is 29.9 Å². The van der Waals surface area contributed by atoms with Crippen LogP contribution in [0.25, 0.3) is 0 Å². The molecule has 2 fully saturated rings. The largest absolute Gasteiger partial charge is 0.435 e. The monoisotopic (exact) mass is 340 g/mol. The predicted molar refractivity (Wildman–Crippen MR) is 75.1 cm³/mol. The molecule has 24 heavy (non-hydrogen) atoms. The van der Waals surface area contributed by atoms with Gasteiger partial charge in [0, 0.05) is 12.6 Å². The second kappa shape index (κ2) is 5.05. The fourth-order valence-corrected chi connectivity index (χ4v) is 2.72. The van der Waals surface area contributed by atoms with Gasteiger partial charge in [0.1, 0.15) is 18.3 Å². The summed E-state index contributed by atoms with van der Waals surface area (Å²) >= 11 is 0. The molecular weight excluding hydrogens is 325 g/mol. The van der Waals surface area contributed by atoms with Gasteiger partial charge in [0.15, 0.2) is 5.69 Å². The Morgan fingerprint density at radius 2 is 2.12 bits per heavy atom. The van der Waals surface area contributed by atoms with Crippen molar-refractivity contribution in [3.8, 4) is 0 Å². The van der Waals surface area contributed by atoms with Gasteiger partial charge in [-0.25, -0.2) is 9.67 Å². The SMILES string of the molecule is O=C(NCC1(n2cncn2)CC1)c1cc(C(F)(F)F)nn1C1CC1. The van der Waals surface area contributed by atoms with Crippen LogP contribution in [0.15, 0.2) is 18.7 Å². The van der Waals surface area contributed by atoms with Gasteiger partial charge in [-0.2, -0.15) is 23.4 Å². The molecule has 0 aliphatic heterocycles. The van der Waals surface area contributed by atoms with Gasteiger partial charge < -0.3 is 5.32 Å². The topological polar surface area (TPSA) is 77.6 Å². The number of aromatic nitrogens is 5. The quantitative estimate of drug-likeness (QED) is 0.899. The maximum absolute atomic E-state index is 12.9. The first-order chi connectivity index (χ1) is 11.4. The highest BCUT2D eigenvalue weighted by Crippen LogP contribution is 2.42. The van der Waals surface area contributed by atoms with Crippen molar-refractivity contribution in [3.63, 3.8) is 0 Å². The molecule has 0 atom stereocenters. The molecule has 0 spiro atoms. The third-order valence-corrected chi connectivity index (χ3v) is 4.46. The van der Waals surface area contributed by atoms with Crippen molar-refractivity contribution < 1.29 is 18.0 Å². The maximum Gasteiger partial charge on any atom is 0.435 e. The molecule has 0 radical (unpaired) electrons. The third-order valence-electron chi connectivity index (χ3n) is 4.46. The normalized spacial score (nSPS) is 19.3. The summed E-state index contributed by atoms with van der Waals surface area (Å²) in [4.78, 5) is 16.3. The molecule has 2 aliphatic carbocycles. The lowest BCUT2D eigenvalue weighted by Crippen LogP contribution is -2.36. The summed E-state index contributed by atoms with van der Waals surface area (Å²) in [5, 5.41) is 10.4. The average Bonchev–Trinajstić information content (AvgIpc) is 3.42. The Balaban J connectivity index is 1.51. The zero-order valence-corrected chi connectivity index (χ0v) is 12.6. The number of carbonyl (C=O) groups is 1. The van der Waals surface area contributed by atoms with E-state index in [2.05, 4.69) is 20.5 Å². The van der Waals surface area contributed by atoms with Crippen molar-refractivity contribution in [3.05, 3.63) is 30.1 Å². The lowest BCUT2D eigenvalue weighted by atomic mass is 10.2. The number of hydrogen-bond donors (Lipinski definition) is 1. The molecule has 10 heteroatoms. The number of nitrogens with zero attached hydrogens (tertiary/aromatic N) is 5. The minimum atomic E-state index is -4.56. The van der Waals surface area contributed by atoms with Crippen LogP contribution in [0.2, 0.25) is 0 Å². The molecule has 2 heterocycles. The molecule has 0 aromatic carbocycles. The van der Waals surface area contributed by atoms with E-state index in [0.29, 0.717) is 6.54 Å². The van der Waals surface area contributed by atoms with Crippen molar-refractivity contribution in [2.75, 3.05) is 6.54 Å². The minimum Gasteiger partial charge on any atom is -0.348 e. The lowest BCUT2D eigenvalue weighted by molar-refractivity contribution is -0.141. The summed E-state index contributed by atoms with van der Waals surface area (Å²) in [6.07, 6.45) is 1.59. The highest BCUT2D eigenvalue weighted by molar-refractivity contribution is 5.92. The molecule has 1 amide bonds. The number of alkyl halides is 3. The number of carbonyl (C=O) groups excluding carboxylic acids is 1. The molecule has 4 rings (SSSR count). The van der Waals surface area contributed by atoms with Gasteiger partial charge in [0.05, 0.1) is 11.6 Å². The van der Waals surface area contributed by atoms with Gasteiger partial charge in [0.25, 0.3) is 5.91 Å². The Labute approximate surface area is 134 Å². The molecule has 0 bridgehead atoms. The van der Waals surface area contributed by atoms with E-state index < -0.39 is 17.8 Å². The molecule has 7 nitrogen and oxygen atoms in total. The van der Waals surface area contributed by atoms with E-state index in [4.69, 9.17) is 0 Å². The summed E-state index contributed by atoms with van der Waals surface area (Å²) in [6.45, 7) is 0.298. The molecule has 2 aliphatic rings. The third kappa shape index (κ3) is 2.65. The standard InChI is InChI=1S/C14H15F3N6O/c15-14(16,17)11-5-10(23(21-11)9-1-2-9)12(24)19-6-13(3-4-13)22-8-18-7-20-22/h5,7-9H,1-4,6H2,(H,19,24). The first-order valence-electron chi connectivity index (χ1n) is 7.69. The second-order valence-electron chi connectivity index (χ2n) is 6.34. The maximum atomic E-state index is 12.9. The van der Waals surface area contributed by atoms with Crippen LogP contribution in [0.4, 0.5) is 13.2 Å². The lowest BCUT2D eigenvalue weighted by Gasteiger charge is -2.16. The van der Waals surface area contributed by atoms with Crippen molar-refractivity contribution in [1.29, 1.82) is 0 Å². The van der Waals surface area contributed by atoms with Crippen LogP contribution >= 0.6 is 0 Å². The highest BCUT2D eigenvalue weighted by Gasteiger charge is 2.46. The Morgan fingerprint density at radius 1 is 1.38 bits per heavy atom. The predicted octanol–water partition coefficient (Wildman–Crippen LogP) is 1.75. The summed E-state index contributed by atoms with van der Waals surface area (Å²) in [5.41, 5.74) is -1.39. The number of amides is 1. The van der Waals surface area contributed by atoms with Crippen LogP contribution < -0.4 is 5.32 Å². The van der Waals surface area contributed by atoms with Crippen LogP contribution in [-0.2, 0) is 11.7 Å². The summed E-state index contributed by atoms with van der Waals surface area (Å²) < 4.78 is 41.5. The molecule has 2 aromatic rings. The second-order valence-corrected chi connectivity index (χ2v) is 6.34. The van der Waals surface area contributed by atoms with Gasteiger partial charge in [-0.15, -0.1) is 0 Å². The number of rotatable bonds is 5. The number of halogens is 3. The van der Waals surface area contributed by atoms with E-state index in [-0.39, 0.29) is 17.3 Å². The summed E-state index contributed by atoms with van der Waals surface area (Å²) in [6, 6.07) is 0.704. The van der Waals surface area contributed by atoms with E-state index in [9.17, 15) is 18.0 Å². The van der Waals surface area contributed by atoms with Crippen LogP contribution in [0, 0.1) is 0 Å². The zero-order chi connectivity index (χ0) is 16.9. The fourth-order valence-electron chi connectivity index (χ4n) is 2.72. The van der Waals surface area contributed by atoms with E-state index in [1.807, 2.05) is 0 Å². The first kappa shape index (κ1) is 15.2. The summed E-state index contributed by atoms with van der Waals surface area (Å²) in [7, 11) is 0. The van der Waals surface area contributed by atoms with Crippen molar-refractivity contribution in [2.45, 2.75) is 43.4 Å². The van der Waals surface area contributed by atoms with Gasteiger partial charge in [-0.05, 0) is 25.7 Å². The molecule has 2 saturated carbocycles. The van der Waals surface area contributed by atoms with E-state index in [1.165, 1.54) is 11.0 Å². The highest BCUT2D eigenvalue weighted by atomic mass is 19.4. The van der Waals surface area contributed by atoms with Gasteiger partial charge in [-0.1, -0.05) is 0 Å². The zero-order valence-electron chi connectivity index (χ0n) is 12.6. The molecule has 2 aromatic heterocycles. The molecule has 0 unspecified atom stereocenters. The van der Waals surface area contributed by atoms with E-state index in [1.54, 1.807) is 11.0 Å². The smallest absolute Gasteiger partial charge is 0.348 e. The van der Waals surface area contributed by atoms with E-state index >= 15 is 0 Å². The Bertz CT molecular complexity index is 758. The molecule has 128 valence electrons. The summed E-state index contributed by atoms with van der Waals surface area (Å²) in [5.74, 6) is -0.545. The van der Waals surface area contributed by atoms with Crippen LogP contribution in [0.5, 0.6) is 0 Å². The number of hydrogen-bond acceptors (Lipinski definition) is 4. The van der Waals surface area contributed by atoms with Gasteiger partial charge in [-0.3, -0.25) is 9.48 Å². The number of nitrogens with one attached hydrogen (secondary N) is 1. The van der Waals surface area contributed by atoms with Gasteiger partial charge >= 0.3 is 6.18 Å². The minimum absolute atomic E-state index is 0.0424.